The van der Waals surface area contributed by atoms with Crippen molar-refractivity contribution in [3.8, 4) is 28.4 Å². The Labute approximate surface area is 120 Å². The molecule has 0 saturated carbocycles. The fraction of sp³-hybridized carbons (Fsp3) is 0.214. The Morgan fingerprint density at radius 2 is 1.70 bits per heavy atom. The van der Waals surface area contributed by atoms with Gasteiger partial charge >= 0.3 is 5.97 Å². The summed E-state index contributed by atoms with van der Waals surface area (Å²) in [6.07, 6.45) is 0. The molecule has 1 heterocycles. The van der Waals surface area contributed by atoms with Gasteiger partial charge in [-0.05, 0) is 23.6 Å². The van der Waals surface area contributed by atoms with E-state index < -0.39 is 5.97 Å². The number of carboxylic acid groups (broad SMARTS) is 1. The molecule has 2 rings (SSSR count). The van der Waals surface area contributed by atoms with Crippen molar-refractivity contribution < 1.29 is 24.1 Å². The van der Waals surface area contributed by atoms with Crippen molar-refractivity contribution in [1.29, 1.82) is 0 Å². The second-order valence-corrected chi connectivity index (χ2v) is 4.77. The Kier molecular flexibility index (Phi) is 4.14. The maximum absolute atomic E-state index is 11.2. The summed E-state index contributed by atoms with van der Waals surface area (Å²) in [5, 5.41) is 11.0. The molecule has 0 radical (unpaired) electrons. The van der Waals surface area contributed by atoms with Crippen molar-refractivity contribution in [2.24, 2.45) is 0 Å². The summed E-state index contributed by atoms with van der Waals surface area (Å²) in [6, 6.07) is 5.23. The average Bonchev–Trinajstić information content (AvgIpc) is 2.94. The molecule has 0 fully saturated rings. The van der Waals surface area contributed by atoms with Crippen molar-refractivity contribution >= 4 is 17.3 Å². The zero-order chi connectivity index (χ0) is 14.7. The summed E-state index contributed by atoms with van der Waals surface area (Å²) in [5.74, 6) is 0.454. The predicted octanol–water partition coefficient (Wildman–Crippen LogP) is 3.14. The van der Waals surface area contributed by atoms with E-state index in [0.29, 0.717) is 28.4 Å². The number of carbonyl (C=O) groups is 1. The predicted molar refractivity (Wildman–Crippen MR) is 76.4 cm³/mol. The molecule has 6 heteroatoms. The summed E-state index contributed by atoms with van der Waals surface area (Å²) in [6.45, 7) is 0. The lowest BCUT2D eigenvalue weighted by Gasteiger charge is -2.15. The van der Waals surface area contributed by atoms with Gasteiger partial charge in [-0.2, -0.15) is 0 Å². The van der Waals surface area contributed by atoms with Gasteiger partial charge < -0.3 is 19.3 Å². The van der Waals surface area contributed by atoms with Crippen LogP contribution in [0.2, 0.25) is 0 Å². The normalized spacial score (nSPS) is 10.2. The minimum atomic E-state index is -0.966. The molecule has 0 unspecified atom stereocenters. The molecule has 2 aromatic rings. The van der Waals surface area contributed by atoms with Crippen LogP contribution in [0.15, 0.2) is 23.6 Å². The van der Waals surface area contributed by atoms with Gasteiger partial charge in [0.1, 0.15) is 4.88 Å². The lowest BCUT2D eigenvalue weighted by atomic mass is 10.0. The topological polar surface area (TPSA) is 65.0 Å². The number of rotatable bonds is 5. The molecule has 0 aliphatic rings. The van der Waals surface area contributed by atoms with E-state index >= 15 is 0 Å². The number of hydrogen-bond acceptors (Lipinski definition) is 5. The molecule has 1 aromatic heterocycles. The molecule has 0 amide bonds. The van der Waals surface area contributed by atoms with E-state index in [0.717, 1.165) is 0 Å². The van der Waals surface area contributed by atoms with Crippen LogP contribution in [0, 0.1) is 0 Å². The van der Waals surface area contributed by atoms with Crippen molar-refractivity contribution in [3.05, 3.63) is 28.5 Å². The molecule has 0 bridgehead atoms. The molecule has 5 nitrogen and oxygen atoms in total. The van der Waals surface area contributed by atoms with Gasteiger partial charge in [0.25, 0.3) is 0 Å². The Morgan fingerprint density at radius 1 is 1.00 bits per heavy atom. The standard InChI is InChI=1S/C14H14O5S/c1-17-10-5-4-8(11(18-2)12(10)19-3)9-6-7-20-13(9)14(15)16/h4-7H,1-3H3,(H,15,16). The third-order valence-corrected chi connectivity index (χ3v) is 3.76. The van der Waals surface area contributed by atoms with Gasteiger partial charge in [-0.3, -0.25) is 0 Å². The summed E-state index contributed by atoms with van der Waals surface area (Å²) < 4.78 is 15.9. The molecular formula is C14H14O5S. The van der Waals surface area contributed by atoms with Gasteiger partial charge in [0.05, 0.1) is 21.3 Å². The number of carboxylic acids is 1. The van der Waals surface area contributed by atoms with Crippen LogP contribution in [0.5, 0.6) is 17.2 Å². The third kappa shape index (κ3) is 2.30. The second-order valence-electron chi connectivity index (χ2n) is 3.85. The summed E-state index contributed by atoms with van der Waals surface area (Å²) >= 11 is 1.17. The highest BCUT2D eigenvalue weighted by molar-refractivity contribution is 7.12. The fourth-order valence-corrected chi connectivity index (χ4v) is 2.75. The molecule has 0 saturated heterocycles. The van der Waals surface area contributed by atoms with Gasteiger partial charge in [-0.15, -0.1) is 11.3 Å². The van der Waals surface area contributed by atoms with E-state index in [1.54, 1.807) is 23.6 Å². The monoisotopic (exact) mass is 294 g/mol. The molecule has 0 aliphatic carbocycles. The van der Waals surface area contributed by atoms with Crippen LogP contribution in [-0.2, 0) is 0 Å². The van der Waals surface area contributed by atoms with Crippen molar-refractivity contribution in [1.82, 2.24) is 0 Å². The van der Waals surface area contributed by atoms with E-state index in [1.165, 1.54) is 32.7 Å². The molecule has 0 atom stereocenters. The first-order chi connectivity index (χ1) is 9.63. The van der Waals surface area contributed by atoms with Crippen LogP contribution in [0.1, 0.15) is 9.67 Å². The SMILES string of the molecule is COc1ccc(-c2ccsc2C(=O)O)c(OC)c1OC. The van der Waals surface area contributed by atoms with Crippen LogP contribution in [0.3, 0.4) is 0 Å². The minimum Gasteiger partial charge on any atom is -0.493 e. The van der Waals surface area contributed by atoms with E-state index in [-0.39, 0.29) is 4.88 Å². The first-order valence-electron chi connectivity index (χ1n) is 5.74. The number of ether oxygens (including phenoxy) is 3. The van der Waals surface area contributed by atoms with Crippen molar-refractivity contribution in [2.45, 2.75) is 0 Å². The zero-order valence-corrected chi connectivity index (χ0v) is 12.1. The van der Waals surface area contributed by atoms with Crippen LogP contribution in [0.25, 0.3) is 11.1 Å². The molecule has 106 valence electrons. The largest absolute Gasteiger partial charge is 0.493 e. The number of methoxy groups -OCH3 is 3. The van der Waals surface area contributed by atoms with Crippen LogP contribution in [-0.4, -0.2) is 32.4 Å². The maximum Gasteiger partial charge on any atom is 0.346 e. The molecule has 1 N–H and O–H groups in total. The lowest BCUT2D eigenvalue weighted by Crippen LogP contribution is -1.99. The molecule has 20 heavy (non-hydrogen) atoms. The van der Waals surface area contributed by atoms with E-state index in [9.17, 15) is 9.90 Å². The fourth-order valence-electron chi connectivity index (χ4n) is 2.00. The highest BCUT2D eigenvalue weighted by Gasteiger charge is 2.21. The first-order valence-corrected chi connectivity index (χ1v) is 6.62. The number of thiophene rings is 1. The second kappa shape index (κ2) is 5.83. The maximum atomic E-state index is 11.2. The Bertz CT molecular complexity index is 632. The minimum absolute atomic E-state index is 0.260. The Balaban J connectivity index is 2.68. The van der Waals surface area contributed by atoms with Gasteiger partial charge in [0, 0.05) is 11.1 Å². The molecule has 0 aliphatic heterocycles. The highest BCUT2D eigenvalue weighted by Crippen LogP contribution is 2.45. The first kappa shape index (κ1) is 14.2. The third-order valence-electron chi connectivity index (χ3n) is 2.85. The number of benzene rings is 1. The Hall–Kier alpha value is -2.21. The average molecular weight is 294 g/mol. The number of hydrogen-bond donors (Lipinski definition) is 1. The molecule has 0 spiro atoms. The zero-order valence-electron chi connectivity index (χ0n) is 11.3. The van der Waals surface area contributed by atoms with Gasteiger partial charge in [0.2, 0.25) is 5.75 Å². The van der Waals surface area contributed by atoms with Crippen LogP contribution >= 0.6 is 11.3 Å². The van der Waals surface area contributed by atoms with Crippen molar-refractivity contribution in [2.75, 3.05) is 21.3 Å². The van der Waals surface area contributed by atoms with E-state index in [1.807, 2.05) is 0 Å². The van der Waals surface area contributed by atoms with E-state index in [2.05, 4.69) is 0 Å². The quantitative estimate of drug-likeness (QED) is 0.917. The van der Waals surface area contributed by atoms with Crippen molar-refractivity contribution in [3.63, 3.8) is 0 Å². The molecule has 1 aromatic carbocycles. The summed E-state index contributed by atoms with van der Waals surface area (Å²) in [4.78, 5) is 11.5. The lowest BCUT2D eigenvalue weighted by molar-refractivity contribution is 0.0703. The van der Waals surface area contributed by atoms with Crippen LogP contribution in [0.4, 0.5) is 0 Å². The summed E-state index contributed by atoms with van der Waals surface area (Å²) in [7, 11) is 4.55. The highest BCUT2D eigenvalue weighted by atomic mass is 32.1. The van der Waals surface area contributed by atoms with E-state index in [4.69, 9.17) is 14.2 Å². The van der Waals surface area contributed by atoms with Gasteiger partial charge in [-0.1, -0.05) is 0 Å². The van der Waals surface area contributed by atoms with Gasteiger partial charge in [-0.25, -0.2) is 4.79 Å². The Morgan fingerprint density at radius 3 is 2.25 bits per heavy atom. The summed E-state index contributed by atoms with van der Waals surface area (Å²) in [5.41, 5.74) is 1.25. The van der Waals surface area contributed by atoms with Crippen LogP contribution < -0.4 is 14.2 Å². The molecular weight excluding hydrogens is 280 g/mol. The van der Waals surface area contributed by atoms with Gasteiger partial charge in [0.15, 0.2) is 11.5 Å². The smallest absolute Gasteiger partial charge is 0.346 e. The number of aromatic carboxylic acids is 1.